The lowest BCUT2D eigenvalue weighted by molar-refractivity contribution is -0.122. The van der Waals surface area contributed by atoms with Gasteiger partial charge in [0.2, 0.25) is 0 Å². The Morgan fingerprint density at radius 2 is 1.90 bits per heavy atom. The van der Waals surface area contributed by atoms with Gasteiger partial charge in [-0.1, -0.05) is 41.4 Å². The van der Waals surface area contributed by atoms with Gasteiger partial charge < -0.3 is 4.57 Å². The molecule has 1 fully saturated rings. The zero-order valence-electron chi connectivity index (χ0n) is 15.2. The zero-order chi connectivity index (χ0) is 21.4. The molecular weight excluding hydrogens is 443 g/mol. The normalized spacial score (nSPS) is 15.6. The zero-order valence-corrected chi connectivity index (χ0v) is 17.6. The number of anilines is 1. The fourth-order valence-corrected chi connectivity index (χ4v) is 3.84. The van der Waals surface area contributed by atoms with Gasteiger partial charge in [-0.15, -0.1) is 0 Å². The minimum absolute atomic E-state index is 0.0487. The van der Waals surface area contributed by atoms with Gasteiger partial charge in [0.15, 0.2) is 5.11 Å². The minimum atomic E-state index is -0.599. The Balaban J connectivity index is 1.81. The van der Waals surface area contributed by atoms with E-state index in [0.717, 1.165) is 10.9 Å². The molecule has 0 bridgehead atoms. The molecule has 1 aliphatic rings. The summed E-state index contributed by atoms with van der Waals surface area (Å²) in [5.41, 5.74) is 1.76. The van der Waals surface area contributed by atoms with E-state index in [1.165, 1.54) is 17.0 Å². The molecule has 1 N–H and O–H groups in total. The van der Waals surface area contributed by atoms with Gasteiger partial charge in [-0.2, -0.15) is 5.26 Å². The maximum atomic E-state index is 13.2. The molecule has 1 saturated heterocycles. The lowest BCUT2D eigenvalue weighted by Crippen LogP contribution is -2.54. The Kier molecular flexibility index (Phi) is 5.31. The van der Waals surface area contributed by atoms with Gasteiger partial charge in [0, 0.05) is 22.7 Å². The number of hydrogen-bond donors (Lipinski definition) is 1. The van der Waals surface area contributed by atoms with Crippen molar-refractivity contribution >= 4 is 75.0 Å². The Morgan fingerprint density at radius 1 is 1.13 bits per heavy atom. The third-order valence-corrected chi connectivity index (χ3v) is 5.65. The molecule has 0 unspecified atom stereocenters. The van der Waals surface area contributed by atoms with Crippen LogP contribution in [0.1, 0.15) is 5.56 Å². The second-order valence-electron chi connectivity index (χ2n) is 6.44. The standard InChI is InChI=1S/C21H12Cl2N4O2S/c22-16-6-5-13(10-17(16)23)27-20(29)15(19(28)25-21(27)30)9-12-11-26(8-7-24)18-4-2-1-3-14(12)18/h1-6,9-11H,8H2,(H,25,28,30)/b15-9+. The number of nitriles is 1. The first-order chi connectivity index (χ1) is 14.4. The van der Waals surface area contributed by atoms with Crippen molar-refractivity contribution in [3.63, 3.8) is 0 Å². The highest BCUT2D eigenvalue weighted by Gasteiger charge is 2.35. The molecule has 4 rings (SSSR count). The van der Waals surface area contributed by atoms with E-state index in [0.29, 0.717) is 16.3 Å². The van der Waals surface area contributed by atoms with Crippen molar-refractivity contribution in [3.05, 3.63) is 69.8 Å². The van der Waals surface area contributed by atoms with Crippen LogP contribution in [0.15, 0.2) is 54.2 Å². The first kappa shape index (κ1) is 20.1. The van der Waals surface area contributed by atoms with Crippen molar-refractivity contribution in [3.8, 4) is 6.07 Å². The van der Waals surface area contributed by atoms with Crippen LogP contribution in [0.2, 0.25) is 10.0 Å². The summed E-state index contributed by atoms with van der Waals surface area (Å²) >= 11 is 17.2. The van der Waals surface area contributed by atoms with E-state index >= 15 is 0 Å². The monoisotopic (exact) mass is 454 g/mol. The molecule has 3 aromatic rings. The highest BCUT2D eigenvalue weighted by Crippen LogP contribution is 2.30. The number of carbonyl (C=O) groups is 2. The van der Waals surface area contributed by atoms with Crippen LogP contribution in [0, 0.1) is 11.3 Å². The molecule has 1 aliphatic heterocycles. The SMILES string of the molecule is N#CCn1cc(/C=C2\C(=O)NC(=S)N(c3ccc(Cl)c(Cl)c3)C2=O)c2ccccc21. The first-order valence-corrected chi connectivity index (χ1v) is 9.88. The molecule has 0 saturated carbocycles. The van der Waals surface area contributed by atoms with E-state index in [9.17, 15) is 9.59 Å². The number of aromatic nitrogens is 1. The lowest BCUT2D eigenvalue weighted by atomic mass is 10.1. The van der Waals surface area contributed by atoms with Crippen LogP contribution in [0.5, 0.6) is 0 Å². The van der Waals surface area contributed by atoms with Crippen LogP contribution in [0.25, 0.3) is 17.0 Å². The van der Waals surface area contributed by atoms with Gasteiger partial charge in [-0.3, -0.25) is 19.8 Å². The number of carbonyl (C=O) groups excluding carboxylic acids is 2. The molecule has 0 atom stereocenters. The number of thiocarbonyl (C=S) groups is 1. The number of halogens is 2. The van der Waals surface area contributed by atoms with Crippen LogP contribution in [-0.2, 0) is 16.1 Å². The molecule has 30 heavy (non-hydrogen) atoms. The third-order valence-electron chi connectivity index (χ3n) is 4.62. The number of fused-ring (bicyclic) bond motifs is 1. The number of nitrogens with zero attached hydrogens (tertiary/aromatic N) is 3. The second-order valence-corrected chi connectivity index (χ2v) is 7.64. The summed E-state index contributed by atoms with van der Waals surface area (Å²) in [6.07, 6.45) is 3.23. The molecule has 1 aromatic heterocycles. The van der Waals surface area contributed by atoms with E-state index in [4.69, 9.17) is 40.7 Å². The molecule has 6 nitrogen and oxygen atoms in total. The van der Waals surface area contributed by atoms with Crippen LogP contribution < -0.4 is 10.2 Å². The molecule has 0 aliphatic carbocycles. The molecule has 2 amide bonds. The Labute approximate surface area is 186 Å². The summed E-state index contributed by atoms with van der Waals surface area (Å²) in [6, 6.07) is 14.2. The number of hydrogen-bond acceptors (Lipinski definition) is 4. The third kappa shape index (κ3) is 3.46. The molecular formula is C21H12Cl2N4O2S. The summed E-state index contributed by atoms with van der Waals surface area (Å²) in [5, 5.41) is 13.0. The number of benzene rings is 2. The molecule has 0 radical (unpaired) electrons. The van der Waals surface area contributed by atoms with Crippen molar-refractivity contribution in [2.45, 2.75) is 6.54 Å². The van der Waals surface area contributed by atoms with Crippen LogP contribution >= 0.6 is 35.4 Å². The van der Waals surface area contributed by atoms with Crippen molar-refractivity contribution < 1.29 is 9.59 Å². The fraction of sp³-hybridized carbons (Fsp3) is 0.0476. The van der Waals surface area contributed by atoms with Gasteiger partial charge >= 0.3 is 0 Å². The predicted octanol–water partition coefficient (Wildman–Crippen LogP) is 4.30. The Bertz CT molecular complexity index is 1310. The first-order valence-electron chi connectivity index (χ1n) is 8.72. The number of nitrogens with one attached hydrogen (secondary N) is 1. The Morgan fingerprint density at radius 3 is 2.63 bits per heavy atom. The lowest BCUT2D eigenvalue weighted by Gasteiger charge is -2.29. The summed E-state index contributed by atoms with van der Waals surface area (Å²) in [5.74, 6) is -1.18. The largest absolute Gasteiger partial charge is 0.333 e. The van der Waals surface area contributed by atoms with E-state index in [1.54, 1.807) is 22.9 Å². The molecule has 148 valence electrons. The number of para-hydroxylation sites is 1. The number of rotatable bonds is 3. The van der Waals surface area contributed by atoms with Gasteiger partial charge in [0.05, 0.1) is 21.8 Å². The molecule has 0 spiro atoms. The second kappa shape index (κ2) is 7.92. The van der Waals surface area contributed by atoms with Gasteiger partial charge in [0.1, 0.15) is 12.1 Å². The average molecular weight is 455 g/mol. The van der Waals surface area contributed by atoms with Crippen molar-refractivity contribution in [2.75, 3.05) is 4.90 Å². The fourth-order valence-electron chi connectivity index (χ4n) is 3.27. The van der Waals surface area contributed by atoms with Gasteiger partial charge in [-0.05, 0) is 42.6 Å². The maximum Gasteiger partial charge on any atom is 0.270 e. The molecule has 2 heterocycles. The van der Waals surface area contributed by atoms with Crippen LogP contribution in [0.4, 0.5) is 5.69 Å². The highest BCUT2D eigenvalue weighted by atomic mass is 35.5. The van der Waals surface area contributed by atoms with E-state index in [1.807, 2.05) is 24.3 Å². The minimum Gasteiger partial charge on any atom is -0.333 e. The summed E-state index contributed by atoms with van der Waals surface area (Å²) < 4.78 is 1.76. The molecule has 9 heteroatoms. The average Bonchev–Trinajstić information content (AvgIpc) is 3.06. The summed E-state index contributed by atoms with van der Waals surface area (Å²) in [7, 11) is 0. The maximum absolute atomic E-state index is 13.2. The highest BCUT2D eigenvalue weighted by molar-refractivity contribution is 7.80. The van der Waals surface area contributed by atoms with Crippen molar-refractivity contribution in [1.82, 2.24) is 9.88 Å². The topological polar surface area (TPSA) is 78.1 Å². The predicted molar refractivity (Wildman–Crippen MR) is 120 cm³/mol. The van der Waals surface area contributed by atoms with Crippen molar-refractivity contribution in [2.24, 2.45) is 0 Å². The van der Waals surface area contributed by atoms with Crippen LogP contribution in [0.3, 0.4) is 0 Å². The Hall–Kier alpha value is -3.18. The van der Waals surface area contributed by atoms with Gasteiger partial charge in [0.25, 0.3) is 11.8 Å². The smallest absolute Gasteiger partial charge is 0.270 e. The van der Waals surface area contributed by atoms with E-state index in [-0.39, 0.29) is 22.3 Å². The summed E-state index contributed by atoms with van der Waals surface area (Å²) in [6.45, 7) is 0.142. The van der Waals surface area contributed by atoms with E-state index < -0.39 is 11.8 Å². The van der Waals surface area contributed by atoms with Gasteiger partial charge in [-0.25, -0.2) is 0 Å². The summed E-state index contributed by atoms with van der Waals surface area (Å²) in [4.78, 5) is 26.9. The van der Waals surface area contributed by atoms with Crippen LogP contribution in [-0.4, -0.2) is 21.5 Å². The van der Waals surface area contributed by atoms with E-state index in [2.05, 4.69) is 11.4 Å². The molecule has 2 aromatic carbocycles. The van der Waals surface area contributed by atoms with Crippen molar-refractivity contribution in [1.29, 1.82) is 5.26 Å². The quantitative estimate of drug-likeness (QED) is 0.363. The number of amides is 2.